The fraction of sp³-hybridized carbons (Fsp3) is 0. The summed E-state index contributed by atoms with van der Waals surface area (Å²) in [6.45, 7) is 0. The Morgan fingerprint density at radius 2 is 1.52 bits per heavy atom. The summed E-state index contributed by atoms with van der Waals surface area (Å²) in [6, 6.07) is 0.769. The van der Waals surface area contributed by atoms with Crippen LogP contribution < -0.4 is 21.5 Å². The highest BCUT2D eigenvalue weighted by molar-refractivity contribution is 5.63. The molecule has 122 valence electrons. The van der Waals surface area contributed by atoms with Crippen LogP contribution in [-0.4, -0.2) is 30.3 Å². The first kappa shape index (κ1) is 16.9. The van der Waals surface area contributed by atoms with Gasteiger partial charge in [0.05, 0.1) is 37.8 Å². The molecule has 0 fully saturated rings. The molecule has 0 bridgehead atoms. The van der Waals surface area contributed by atoms with Gasteiger partial charge < -0.3 is 10.8 Å². The molecule has 16 nitrogen and oxygen atoms in total. The minimum absolute atomic E-state index is 0.167. The Kier molecular flexibility index (Phi) is 4.83. The molecule has 2 rings (SSSR count). The van der Waals surface area contributed by atoms with Crippen LogP contribution in [-0.2, 0) is 0 Å². The Bertz CT molecular complexity index is 720. The molecular formula is C7H7N9O7. The molecule has 0 saturated heterocycles. The molecule has 1 aromatic heterocycles. The topological polar surface area (TPSA) is 250 Å². The number of nitrogen functional groups attached to an aromatic ring is 2. The summed E-state index contributed by atoms with van der Waals surface area (Å²) in [5.74, 6) is 3.76. The molecule has 0 saturated carbocycles. The molecule has 16 heteroatoms. The smallest absolute Gasteiger partial charge is 0.418 e. The molecule has 0 aliphatic rings. The average molecular weight is 329 g/mol. The number of aromatic nitrogens is 4. The fourth-order valence-electron chi connectivity index (χ4n) is 1.18. The minimum Gasteiger partial charge on any atom is -0.863 e. The van der Waals surface area contributed by atoms with Crippen molar-refractivity contribution < 1.29 is 24.7 Å². The Morgan fingerprint density at radius 1 is 1.04 bits per heavy atom. The third-order valence-corrected chi connectivity index (χ3v) is 2.19. The number of anilines is 1. The van der Waals surface area contributed by atoms with Crippen molar-refractivity contribution in [3.63, 3.8) is 0 Å². The number of nitro benzene ring substituents is 3. The zero-order chi connectivity index (χ0) is 17.7. The van der Waals surface area contributed by atoms with Gasteiger partial charge in [-0.3, -0.25) is 36.2 Å². The summed E-state index contributed by atoms with van der Waals surface area (Å²) in [6.07, 6.45) is 0. The Morgan fingerprint density at radius 3 is 1.74 bits per heavy atom. The molecule has 2 aromatic rings. The number of benzene rings is 1. The lowest BCUT2D eigenvalue weighted by Crippen LogP contribution is -2.48. The lowest BCUT2D eigenvalue weighted by molar-refractivity contribution is -0.687. The van der Waals surface area contributed by atoms with Gasteiger partial charge >= 0.3 is 5.95 Å². The van der Waals surface area contributed by atoms with Crippen LogP contribution in [0.25, 0.3) is 0 Å². The molecule has 0 aliphatic carbocycles. The minimum atomic E-state index is -1.46. The van der Waals surface area contributed by atoms with Crippen molar-refractivity contribution >= 4 is 23.0 Å². The number of aromatic amines is 1. The van der Waals surface area contributed by atoms with E-state index in [0.29, 0.717) is 12.1 Å². The molecule has 1 heterocycles. The Hall–Kier alpha value is -4.11. The highest BCUT2D eigenvalue weighted by atomic mass is 16.6. The summed E-state index contributed by atoms with van der Waals surface area (Å²) in [5.41, 5.74) is 1.81. The van der Waals surface area contributed by atoms with Crippen LogP contribution in [0.3, 0.4) is 0 Å². The van der Waals surface area contributed by atoms with E-state index in [1.165, 1.54) is 0 Å². The lowest BCUT2D eigenvalue weighted by atomic mass is 10.2. The largest absolute Gasteiger partial charge is 0.863 e. The summed E-state index contributed by atoms with van der Waals surface area (Å²) < 4.78 is 0. The second kappa shape index (κ2) is 6.56. The number of nitrogens with one attached hydrogen (secondary N) is 1. The van der Waals surface area contributed by atoms with E-state index in [-0.39, 0.29) is 5.95 Å². The maximum absolute atomic E-state index is 11.1. The van der Waals surface area contributed by atoms with E-state index >= 15 is 0 Å². The number of tetrazole rings is 1. The normalized spacial score (nSPS) is 9.57. The fourth-order valence-corrected chi connectivity index (χ4v) is 1.18. The monoisotopic (exact) mass is 329 g/mol. The van der Waals surface area contributed by atoms with Crippen LogP contribution in [0.1, 0.15) is 0 Å². The van der Waals surface area contributed by atoms with E-state index in [2.05, 4.69) is 15.5 Å². The molecule has 23 heavy (non-hydrogen) atoms. The molecule has 0 amide bonds. The Balaban J connectivity index is 0.000000313. The van der Waals surface area contributed by atoms with E-state index in [4.69, 9.17) is 11.6 Å². The van der Waals surface area contributed by atoms with Crippen LogP contribution in [0, 0.1) is 30.3 Å². The summed E-state index contributed by atoms with van der Waals surface area (Å²) in [5, 5.41) is 51.0. The number of rotatable bonds is 3. The molecule has 0 atom stereocenters. The van der Waals surface area contributed by atoms with Gasteiger partial charge in [0.2, 0.25) is 0 Å². The molecule has 1 aromatic carbocycles. The van der Waals surface area contributed by atoms with E-state index < -0.39 is 37.6 Å². The van der Waals surface area contributed by atoms with Crippen LogP contribution in [0.2, 0.25) is 0 Å². The predicted molar refractivity (Wildman–Crippen MR) is 67.0 cm³/mol. The third kappa shape index (κ3) is 3.93. The number of nitro groups is 3. The molecule has 0 spiro atoms. The van der Waals surface area contributed by atoms with Gasteiger partial charge in [-0.25, -0.2) is 0 Å². The van der Waals surface area contributed by atoms with E-state index in [1.807, 2.05) is 0 Å². The van der Waals surface area contributed by atoms with Crippen molar-refractivity contribution in [1.29, 1.82) is 0 Å². The third-order valence-electron chi connectivity index (χ3n) is 2.19. The van der Waals surface area contributed by atoms with Crippen LogP contribution in [0.4, 0.5) is 23.0 Å². The number of H-pyrrole nitrogens is 1. The molecule has 5 N–H and O–H groups in total. The standard InChI is InChI=1S/C6H3N3O7.CH4N6/c10-6-4(8(13)14)1-3(7(11)12)2-5(6)9(15)16;2-1-4-5-6-7(1)3/h1-2,10H;3H2,(H2,2,4,6). The lowest BCUT2D eigenvalue weighted by Gasteiger charge is -2.06. The summed E-state index contributed by atoms with van der Waals surface area (Å²) >= 11 is 0. The van der Waals surface area contributed by atoms with E-state index in [0.717, 1.165) is 4.79 Å². The quantitative estimate of drug-likeness (QED) is 0.237. The zero-order valence-electron chi connectivity index (χ0n) is 10.9. The number of hydrogen-bond donors (Lipinski definition) is 3. The number of nitrogens with zero attached hydrogens (tertiary/aromatic N) is 6. The van der Waals surface area contributed by atoms with Gasteiger partial charge in [-0.2, -0.15) is 0 Å². The highest BCUT2D eigenvalue weighted by Gasteiger charge is 2.24. The van der Waals surface area contributed by atoms with E-state index in [1.54, 1.807) is 0 Å². The van der Waals surface area contributed by atoms with Gasteiger partial charge in [0.15, 0.2) is 0 Å². The first-order valence-corrected chi connectivity index (χ1v) is 5.27. The van der Waals surface area contributed by atoms with Crippen LogP contribution in [0.5, 0.6) is 5.75 Å². The molecule has 0 aliphatic heterocycles. The van der Waals surface area contributed by atoms with Crippen molar-refractivity contribution in [2.75, 3.05) is 11.6 Å². The van der Waals surface area contributed by atoms with Crippen molar-refractivity contribution in [2.45, 2.75) is 0 Å². The van der Waals surface area contributed by atoms with Gasteiger partial charge in [-0.1, -0.05) is 10.0 Å². The summed E-state index contributed by atoms with van der Waals surface area (Å²) in [7, 11) is 0. The van der Waals surface area contributed by atoms with Crippen LogP contribution in [0.15, 0.2) is 12.1 Å². The first-order chi connectivity index (χ1) is 10.6. The Labute approximate surface area is 124 Å². The van der Waals surface area contributed by atoms with Crippen molar-refractivity contribution in [2.24, 2.45) is 0 Å². The first-order valence-electron chi connectivity index (χ1n) is 5.27. The zero-order valence-corrected chi connectivity index (χ0v) is 10.9. The highest BCUT2D eigenvalue weighted by Crippen LogP contribution is 2.36. The maximum atomic E-state index is 11.1. The molecular weight excluding hydrogens is 322 g/mol. The number of nitrogens with two attached hydrogens (primary N) is 2. The average Bonchev–Trinajstić information content (AvgIpc) is 2.82. The van der Waals surface area contributed by atoms with Crippen molar-refractivity contribution in [3.05, 3.63) is 42.5 Å². The van der Waals surface area contributed by atoms with Crippen molar-refractivity contribution in [1.82, 2.24) is 15.5 Å². The van der Waals surface area contributed by atoms with Gasteiger partial charge in [0.1, 0.15) is 5.21 Å². The predicted octanol–water partition coefficient (Wildman–Crippen LogP) is -2.13. The number of non-ortho nitro benzene ring substituents is 1. The van der Waals surface area contributed by atoms with Crippen molar-refractivity contribution in [3.8, 4) is 5.75 Å². The molecule has 0 unspecified atom stereocenters. The maximum Gasteiger partial charge on any atom is 0.418 e. The molecule has 0 radical (unpaired) electrons. The second-order valence-corrected chi connectivity index (χ2v) is 3.61. The number of hydrogen-bond acceptors (Lipinski definition) is 11. The SMILES string of the molecule is Nc1nn[nH][n+]1N.O=[N+]([O-])c1cc([N+](=O)[O-])c([O-])c([N+](=O)[O-])c1. The van der Waals surface area contributed by atoms with Gasteiger partial charge in [0.25, 0.3) is 17.1 Å². The van der Waals surface area contributed by atoms with Gasteiger partial charge in [0, 0.05) is 0 Å². The van der Waals surface area contributed by atoms with Gasteiger partial charge in [-0.15, -0.1) is 0 Å². The second-order valence-electron chi connectivity index (χ2n) is 3.61. The summed E-state index contributed by atoms with van der Waals surface area (Å²) in [4.78, 5) is 28.5. The van der Waals surface area contributed by atoms with Crippen LogP contribution >= 0.6 is 0 Å². The van der Waals surface area contributed by atoms with Gasteiger partial charge in [-0.05, 0) is 0 Å². The van der Waals surface area contributed by atoms with E-state index in [9.17, 15) is 35.4 Å².